The van der Waals surface area contributed by atoms with E-state index < -0.39 is 0 Å². The number of benzene rings is 1. The Hall–Kier alpha value is -1.26. The second-order valence-corrected chi connectivity index (χ2v) is 6.88. The second-order valence-electron chi connectivity index (χ2n) is 5.80. The van der Waals surface area contributed by atoms with Crippen LogP contribution in [-0.4, -0.2) is 11.5 Å². The summed E-state index contributed by atoms with van der Waals surface area (Å²) < 4.78 is 13.9. The minimum absolute atomic E-state index is 0.0369. The van der Waals surface area contributed by atoms with Crippen LogP contribution in [0.4, 0.5) is 4.39 Å². The molecular formula is C16H21FN2S. The zero-order valence-corrected chi connectivity index (χ0v) is 13.3. The van der Waals surface area contributed by atoms with Gasteiger partial charge >= 0.3 is 0 Å². The van der Waals surface area contributed by atoms with Crippen molar-refractivity contribution in [1.82, 2.24) is 10.3 Å². The predicted molar refractivity (Wildman–Crippen MR) is 83.6 cm³/mol. The van der Waals surface area contributed by atoms with Gasteiger partial charge in [0.25, 0.3) is 0 Å². The van der Waals surface area contributed by atoms with Gasteiger partial charge in [-0.3, -0.25) is 0 Å². The van der Waals surface area contributed by atoms with Crippen LogP contribution in [0.3, 0.4) is 0 Å². The fourth-order valence-corrected chi connectivity index (χ4v) is 3.31. The first-order chi connectivity index (χ1) is 9.43. The molecule has 0 aliphatic heterocycles. The molecule has 0 aliphatic carbocycles. The van der Waals surface area contributed by atoms with Crippen molar-refractivity contribution in [2.45, 2.75) is 39.7 Å². The van der Waals surface area contributed by atoms with Crippen molar-refractivity contribution < 1.29 is 4.39 Å². The topological polar surface area (TPSA) is 24.9 Å². The summed E-state index contributed by atoms with van der Waals surface area (Å²) in [5, 5.41) is 4.10. The Morgan fingerprint density at radius 3 is 2.55 bits per heavy atom. The Balaban J connectivity index is 2.46. The molecule has 0 radical (unpaired) electrons. The molecule has 0 saturated heterocycles. The van der Waals surface area contributed by atoms with E-state index in [1.165, 1.54) is 10.9 Å². The molecule has 1 N–H and O–H groups in total. The standard InChI is InChI=1S/C16H21FN2S/c1-5-18-10-13-14(16(2,3)4)19-15(20-13)11-8-6-7-9-12(11)17/h6-9,18H,5,10H2,1-4H3. The molecule has 20 heavy (non-hydrogen) atoms. The van der Waals surface area contributed by atoms with Gasteiger partial charge in [0, 0.05) is 22.4 Å². The third-order valence-electron chi connectivity index (χ3n) is 3.05. The lowest BCUT2D eigenvalue weighted by Gasteiger charge is -2.17. The summed E-state index contributed by atoms with van der Waals surface area (Å²) in [4.78, 5) is 5.90. The van der Waals surface area contributed by atoms with Gasteiger partial charge in [-0.2, -0.15) is 0 Å². The molecule has 2 nitrogen and oxygen atoms in total. The number of hydrogen-bond donors (Lipinski definition) is 1. The summed E-state index contributed by atoms with van der Waals surface area (Å²) in [6.45, 7) is 10.2. The van der Waals surface area contributed by atoms with Gasteiger partial charge in [-0.05, 0) is 18.7 Å². The van der Waals surface area contributed by atoms with E-state index in [-0.39, 0.29) is 11.2 Å². The van der Waals surface area contributed by atoms with E-state index in [0.29, 0.717) is 5.56 Å². The monoisotopic (exact) mass is 292 g/mol. The van der Waals surface area contributed by atoms with E-state index >= 15 is 0 Å². The largest absolute Gasteiger partial charge is 0.312 e. The average molecular weight is 292 g/mol. The molecule has 4 heteroatoms. The Morgan fingerprint density at radius 1 is 1.25 bits per heavy atom. The maximum absolute atomic E-state index is 13.9. The highest BCUT2D eigenvalue weighted by Gasteiger charge is 2.24. The van der Waals surface area contributed by atoms with Crippen LogP contribution in [0.2, 0.25) is 0 Å². The van der Waals surface area contributed by atoms with Gasteiger partial charge in [-0.25, -0.2) is 9.37 Å². The summed E-state index contributed by atoms with van der Waals surface area (Å²) >= 11 is 1.58. The van der Waals surface area contributed by atoms with E-state index in [4.69, 9.17) is 4.98 Å². The fraction of sp³-hybridized carbons (Fsp3) is 0.438. The molecule has 1 heterocycles. The van der Waals surface area contributed by atoms with Crippen LogP contribution in [0.5, 0.6) is 0 Å². The molecule has 1 aromatic carbocycles. The van der Waals surface area contributed by atoms with Crippen LogP contribution in [-0.2, 0) is 12.0 Å². The highest BCUT2D eigenvalue weighted by atomic mass is 32.1. The first-order valence-electron chi connectivity index (χ1n) is 6.89. The van der Waals surface area contributed by atoms with Crippen molar-refractivity contribution in [1.29, 1.82) is 0 Å². The van der Waals surface area contributed by atoms with Gasteiger partial charge in [-0.15, -0.1) is 11.3 Å². The van der Waals surface area contributed by atoms with Gasteiger partial charge in [0.2, 0.25) is 0 Å². The fourth-order valence-electron chi connectivity index (χ4n) is 2.05. The van der Waals surface area contributed by atoms with Crippen molar-refractivity contribution in [2.75, 3.05) is 6.54 Å². The van der Waals surface area contributed by atoms with Crippen molar-refractivity contribution in [2.24, 2.45) is 0 Å². The first kappa shape index (κ1) is 15.1. The van der Waals surface area contributed by atoms with Crippen molar-refractivity contribution in [3.05, 3.63) is 40.7 Å². The maximum atomic E-state index is 13.9. The van der Waals surface area contributed by atoms with Gasteiger partial charge < -0.3 is 5.32 Å². The van der Waals surface area contributed by atoms with Gasteiger partial charge in [0.05, 0.1) is 5.69 Å². The van der Waals surface area contributed by atoms with E-state index in [2.05, 4.69) is 33.0 Å². The molecule has 2 aromatic rings. The van der Waals surface area contributed by atoms with E-state index in [1.807, 2.05) is 6.07 Å². The Labute approximate surface area is 124 Å². The molecule has 2 rings (SSSR count). The molecule has 0 amide bonds. The minimum atomic E-state index is -0.211. The maximum Gasteiger partial charge on any atom is 0.133 e. The second kappa shape index (κ2) is 6.02. The smallest absolute Gasteiger partial charge is 0.133 e. The Bertz CT molecular complexity index is 584. The molecular weight excluding hydrogens is 271 g/mol. The van der Waals surface area contributed by atoms with Crippen molar-refractivity contribution in [3.63, 3.8) is 0 Å². The number of nitrogens with zero attached hydrogens (tertiary/aromatic N) is 1. The minimum Gasteiger partial charge on any atom is -0.312 e. The third kappa shape index (κ3) is 3.25. The van der Waals surface area contributed by atoms with Gasteiger partial charge in [0.15, 0.2) is 0 Å². The summed E-state index contributed by atoms with van der Waals surface area (Å²) in [7, 11) is 0. The zero-order valence-electron chi connectivity index (χ0n) is 12.5. The summed E-state index contributed by atoms with van der Waals surface area (Å²) in [6, 6.07) is 6.83. The average Bonchev–Trinajstić information content (AvgIpc) is 2.80. The summed E-state index contributed by atoms with van der Waals surface area (Å²) in [5.74, 6) is -0.211. The molecule has 0 fully saturated rings. The van der Waals surface area contributed by atoms with E-state index in [1.54, 1.807) is 23.5 Å². The van der Waals surface area contributed by atoms with E-state index in [9.17, 15) is 4.39 Å². The Kier molecular flexibility index (Phi) is 4.55. The molecule has 1 aromatic heterocycles. The molecule has 0 bridgehead atoms. The molecule has 0 aliphatic rings. The SMILES string of the molecule is CCNCc1sc(-c2ccccc2F)nc1C(C)(C)C. The molecule has 0 spiro atoms. The van der Waals surface area contributed by atoms with Crippen LogP contribution in [0, 0.1) is 5.82 Å². The van der Waals surface area contributed by atoms with Crippen LogP contribution in [0.1, 0.15) is 38.3 Å². The zero-order chi connectivity index (χ0) is 14.8. The molecule has 0 saturated carbocycles. The quantitative estimate of drug-likeness (QED) is 0.906. The highest BCUT2D eigenvalue weighted by Crippen LogP contribution is 2.35. The summed E-state index contributed by atoms with van der Waals surface area (Å²) in [5.41, 5.74) is 1.61. The molecule has 0 atom stereocenters. The number of aromatic nitrogens is 1. The number of rotatable bonds is 4. The van der Waals surface area contributed by atoms with Gasteiger partial charge in [-0.1, -0.05) is 39.8 Å². The van der Waals surface area contributed by atoms with Crippen molar-refractivity contribution in [3.8, 4) is 10.6 Å². The molecule has 108 valence electrons. The first-order valence-corrected chi connectivity index (χ1v) is 7.71. The number of nitrogens with one attached hydrogen (secondary N) is 1. The number of hydrogen-bond acceptors (Lipinski definition) is 3. The third-order valence-corrected chi connectivity index (χ3v) is 4.14. The van der Waals surface area contributed by atoms with Crippen molar-refractivity contribution >= 4 is 11.3 Å². The summed E-state index contributed by atoms with van der Waals surface area (Å²) in [6.07, 6.45) is 0. The number of thiazole rings is 1. The van der Waals surface area contributed by atoms with Crippen LogP contribution in [0.15, 0.2) is 24.3 Å². The lowest BCUT2D eigenvalue weighted by molar-refractivity contribution is 0.561. The highest BCUT2D eigenvalue weighted by molar-refractivity contribution is 7.15. The lowest BCUT2D eigenvalue weighted by Crippen LogP contribution is -2.18. The van der Waals surface area contributed by atoms with Crippen LogP contribution < -0.4 is 5.32 Å². The Morgan fingerprint density at radius 2 is 1.95 bits per heavy atom. The predicted octanol–water partition coefficient (Wildman–Crippen LogP) is 4.36. The van der Waals surface area contributed by atoms with Crippen LogP contribution >= 0.6 is 11.3 Å². The van der Waals surface area contributed by atoms with E-state index in [0.717, 1.165) is 23.8 Å². The number of halogens is 1. The molecule has 0 unspecified atom stereocenters. The van der Waals surface area contributed by atoms with Gasteiger partial charge in [0.1, 0.15) is 10.8 Å². The normalized spacial score (nSPS) is 11.8. The lowest BCUT2D eigenvalue weighted by atomic mass is 9.91. The van der Waals surface area contributed by atoms with Crippen LogP contribution in [0.25, 0.3) is 10.6 Å².